The van der Waals surface area contributed by atoms with Gasteiger partial charge in [-0.1, -0.05) is 20.8 Å². The third-order valence-corrected chi connectivity index (χ3v) is 5.00. The molecule has 0 saturated carbocycles. The Morgan fingerprint density at radius 2 is 1.71 bits per heavy atom. The lowest BCUT2D eigenvalue weighted by molar-refractivity contribution is 0.112. The molecule has 0 saturated heterocycles. The summed E-state index contributed by atoms with van der Waals surface area (Å²) in [4.78, 5) is 11.2. The van der Waals surface area contributed by atoms with E-state index in [9.17, 15) is 4.79 Å². The van der Waals surface area contributed by atoms with E-state index in [1.165, 1.54) is 27.8 Å². The Morgan fingerprint density at radius 1 is 1.12 bits per heavy atom. The highest BCUT2D eigenvalue weighted by Gasteiger charge is 2.39. The summed E-state index contributed by atoms with van der Waals surface area (Å²) in [6, 6.07) is 0. The van der Waals surface area contributed by atoms with Crippen LogP contribution < -0.4 is 0 Å². The maximum absolute atomic E-state index is 11.2. The molecule has 0 fully saturated rings. The van der Waals surface area contributed by atoms with Crippen molar-refractivity contribution in [1.29, 1.82) is 0 Å². The number of benzene rings is 1. The van der Waals surface area contributed by atoms with Crippen molar-refractivity contribution in [2.45, 2.75) is 53.4 Å². The van der Waals surface area contributed by atoms with Gasteiger partial charge in [-0.25, -0.2) is 0 Å². The number of carbonyl (C=O) groups excluding carboxylic acids is 1. The molecular formula is C16H22O. The molecule has 1 aliphatic carbocycles. The summed E-state index contributed by atoms with van der Waals surface area (Å²) in [5, 5.41) is 0. The van der Waals surface area contributed by atoms with Crippen molar-refractivity contribution in [3.8, 4) is 0 Å². The first-order valence-corrected chi connectivity index (χ1v) is 6.40. The topological polar surface area (TPSA) is 17.1 Å². The summed E-state index contributed by atoms with van der Waals surface area (Å²) in [6.07, 6.45) is 2.13. The van der Waals surface area contributed by atoms with Gasteiger partial charge in [-0.3, -0.25) is 4.79 Å². The smallest absolute Gasteiger partial charge is 0.150 e. The van der Waals surface area contributed by atoms with Gasteiger partial charge in [0.25, 0.3) is 0 Å². The van der Waals surface area contributed by atoms with E-state index in [0.29, 0.717) is 5.92 Å². The minimum Gasteiger partial charge on any atom is -0.298 e. The highest BCUT2D eigenvalue weighted by Crippen LogP contribution is 2.47. The summed E-state index contributed by atoms with van der Waals surface area (Å²) in [7, 11) is 0. The first-order valence-electron chi connectivity index (χ1n) is 6.40. The average Bonchev–Trinajstić information content (AvgIpc) is 2.49. The summed E-state index contributed by atoms with van der Waals surface area (Å²) in [5.41, 5.74) is 7.75. The van der Waals surface area contributed by atoms with Crippen LogP contribution in [0.25, 0.3) is 0 Å². The Labute approximate surface area is 104 Å². The quantitative estimate of drug-likeness (QED) is 0.669. The lowest BCUT2D eigenvalue weighted by atomic mass is 9.76. The van der Waals surface area contributed by atoms with E-state index >= 15 is 0 Å². The number of carbonyl (C=O) groups is 1. The first kappa shape index (κ1) is 12.3. The molecule has 0 bridgehead atoms. The molecule has 1 aromatic rings. The summed E-state index contributed by atoms with van der Waals surface area (Å²) in [5.74, 6) is 0.649. The van der Waals surface area contributed by atoms with Gasteiger partial charge in [-0.15, -0.1) is 0 Å². The molecule has 92 valence electrons. The Morgan fingerprint density at radius 3 is 2.24 bits per heavy atom. The fraction of sp³-hybridized carbons (Fsp3) is 0.562. The molecule has 0 spiro atoms. The van der Waals surface area contributed by atoms with Crippen molar-refractivity contribution in [3.05, 3.63) is 33.4 Å². The van der Waals surface area contributed by atoms with Crippen molar-refractivity contribution in [2.75, 3.05) is 0 Å². The van der Waals surface area contributed by atoms with Crippen molar-refractivity contribution in [2.24, 2.45) is 5.92 Å². The molecular weight excluding hydrogens is 208 g/mol. The summed E-state index contributed by atoms with van der Waals surface area (Å²) < 4.78 is 0. The third kappa shape index (κ3) is 1.48. The van der Waals surface area contributed by atoms with E-state index in [4.69, 9.17) is 0 Å². The number of rotatable bonds is 1. The molecule has 1 nitrogen and oxygen atoms in total. The SMILES string of the molecule is Cc1c(C)c2c(c(C)c1C=O)CC(C)C2(C)C. The lowest BCUT2D eigenvalue weighted by Crippen LogP contribution is -2.22. The van der Waals surface area contributed by atoms with Gasteiger partial charge in [0.05, 0.1) is 0 Å². The zero-order valence-electron chi connectivity index (χ0n) is 11.8. The van der Waals surface area contributed by atoms with Crippen LogP contribution in [0.2, 0.25) is 0 Å². The summed E-state index contributed by atoms with van der Waals surface area (Å²) in [6.45, 7) is 13.3. The van der Waals surface area contributed by atoms with Crippen molar-refractivity contribution in [3.63, 3.8) is 0 Å². The van der Waals surface area contributed by atoms with E-state index in [-0.39, 0.29) is 5.41 Å². The molecule has 0 amide bonds. The monoisotopic (exact) mass is 230 g/mol. The number of hydrogen-bond donors (Lipinski definition) is 0. The molecule has 17 heavy (non-hydrogen) atoms. The fourth-order valence-corrected chi connectivity index (χ4v) is 3.36. The molecule has 0 aromatic heterocycles. The van der Waals surface area contributed by atoms with Crippen LogP contribution in [0.3, 0.4) is 0 Å². The second kappa shape index (κ2) is 3.69. The number of hydrogen-bond acceptors (Lipinski definition) is 1. The van der Waals surface area contributed by atoms with Gasteiger partial charge >= 0.3 is 0 Å². The molecule has 1 atom stereocenters. The summed E-state index contributed by atoms with van der Waals surface area (Å²) >= 11 is 0. The molecule has 1 aliphatic rings. The molecule has 1 aromatic carbocycles. The Hall–Kier alpha value is -1.11. The van der Waals surface area contributed by atoms with Crippen LogP contribution in [0.1, 0.15) is 58.9 Å². The molecule has 0 heterocycles. The average molecular weight is 230 g/mol. The molecule has 2 rings (SSSR count). The van der Waals surface area contributed by atoms with Crippen molar-refractivity contribution >= 4 is 6.29 Å². The molecule has 0 aliphatic heterocycles. The van der Waals surface area contributed by atoms with Gasteiger partial charge in [-0.05, 0) is 66.3 Å². The van der Waals surface area contributed by atoms with Crippen LogP contribution >= 0.6 is 0 Å². The number of aldehydes is 1. The van der Waals surface area contributed by atoms with Crippen LogP contribution in [0.4, 0.5) is 0 Å². The van der Waals surface area contributed by atoms with E-state index < -0.39 is 0 Å². The molecule has 0 radical (unpaired) electrons. The minimum atomic E-state index is 0.232. The van der Waals surface area contributed by atoms with Crippen molar-refractivity contribution < 1.29 is 4.79 Å². The second-order valence-electron chi connectivity index (χ2n) is 6.09. The van der Waals surface area contributed by atoms with Crippen LogP contribution in [0, 0.1) is 26.7 Å². The van der Waals surface area contributed by atoms with Gasteiger partial charge in [-0.2, -0.15) is 0 Å². The largest absolute Gasteiger partial charge is 0.298 e. The van der Waals surface area contributed by atoms with Gasteiger partial charge in [0.1, 0.15) is 0 Å². The van der Waals surface area contributed by atoms with Crippen molar-refractivity contribution in [1.82, 2.24) is 0 Å². The lowest BCUT2D eigenvalue weighted by Gasteiger charge is -2.28. The molecule has 1 unspecified atom stereocenters. The second-order valence-corrected chi connectivity index (χ2v) is 6.09. The highest BCUT2D eigenvalue weighted by molar-refractivity contribution is 5.82. The molecule has 0 N–H and O–H groups in total. The van der Waals surface area contributed by atoms with Crippen LogP contribution in [0.5, 0.6) is 0 Å². The third-order valence-electron chi connectivity index (χ3n) is 5.00. The van der Waals surface area contributed by atoms with Gasteiger partial charge < -0.3 is 0 Å². The Kier molecular flexibility index (Phi) is 2.68. The zero-order valence-corrected chi connectivity index (χ0v) is 11.8. The van der Waals surface area contributed by atoms with Crippen LogP contribution in [-0.4, -0.2) is 6.29 Å². The minimum absolute atomic E-state index is 0.232. The first-order chi connectivity index (χ1) is 7.82. The number of fused-ring (bicyclic) bond motifs is 1. The Balaban J connectivity index is 2.84. The van der Waals surface area contributed by atoms with E-state index in [1.807, 2.05) is 0 Å². The predicted octanol–water partition coefficient (Wildman–Crippen LogP) is 3.89. The van der Waals surface area contributed by atoms with Gasteiger partial charge in [0.2, 0.25) is 0 Å². The van der Waals surface area contributed by atoms with Gasteiger partial charge in [0.15, 0.2) is 6.29 Å². The van der Waals surface area contributed by atoms with Gasteiger partial charge in [0, 0.05) is 5.56 Å². The zero-order chi connectivity index (χ0) is 13.0. The highest BCUT2D eigenvalue weighted by atomic mass is 16.1. The van der Waals surface area contributed by atoms with Crippen LogP contribution in [0.15, 0.2) is 0 Å². The fourth-order valence-electron chi connectivity index (χ4n) is 3.36. The van der Waals surface area contributed by atoms with E-state index in [2.05, 4.69) is 41.5 Å². The maximum Gasteiger partial charge on any atom is 0.150 e. The normalized spacial score (nSPS) is 21.4. The predicted molar refractivity (Wildman–Crippen MR) is 71.9 cm³/mol. The maximum atomic E-state index is 11.2. The van der Waals surface area contributed by atoms with E-state index in [0.717, 1.165) is 18.3 Å². The standard InChI is InChI=1S/C16H22O/c1-9-7-13-12(4)14(8-17)10(2)11(3)15(13)16(9,5)6/h8-9H,7H2,1-6H3. The Bertz CT molecular complexity index is 495. The van der Waals surface area contributed by atoms with Crippen LogP contribution in [-0.2, 0) is 11.8 Å². The molecule has 1 heteroatoms. The van der Waals surface area contributed by atoms with E-state index in [1.54, 1.807) is 0 Å².